The molecule has 3 amide bonds. The number of hydrogen-bond acceptors (Lipinski definition) is 9. The fraction of sp³-hybridized carbons (Fsp3) is 0.462. The third-order valence-electron chi connectivity index (χ3n) is 7.07. The van der Waals surface area contributed by atoms with Crippen molar-refractivity contribution in [3.63, 3.8) is 0 Å². The number of methoxy groups -OCH3 is 1. The lowest BCUT2D eigenvalue weighted by molar-refractivity contribution is -0.136. The minimum atomic E-state index is -0.461. The smallest absolute Gasteiger partial charge is 0.328 e. The van der Waals surface area contributed by atoms with E-state index < -0.39 is 12.1 Å². The van der Waals surface area contributed by atoms with E-state index in [0.29, 0.717) is 74.5 Å². The van der Waals surface area contributed by atoms with E-state index in [0.717, 1.165) is 12.0 Å². The summed E-state index contributed by atoms with van der Waals surface area (Å²) in [6, 6.07) is 5.26. The number of carbonyl (C=O) groups excluding carboxylic acids is 3. The molecule has 0 radical (unpaired) electrons. The molecule has 2 saturated heterocycles. The summed E-state index contributed by atoms with van der Waals surface area (Å²) < 4.78 is 10.6. The average Bonchev–Trinajstić information content (AvgIpc) is 3.57. The predicted octanol–water partition coefficient (Wildman–Crippen LogP) is 2.09. The van der Waals surface area contributed by atoms with E-state index in [9.17, 15) is 19.6 Å². The van der Waals surface area contributed by atoms with Crippen LogP contribution in [-0.4, -0.2) is 78.7 Å². The number of hydrogen-bond donors (Lipinski definition) is 2. The number of urea groups is 1. The molecule has 0 bridgehead atoms. The van der Waals surface area contributed by atoms with Crippen molar-refractivity contribution in [3.05, 3.63) is 40.7 Å². The molecule has 0 saturated carbocycles. The number of pyridine rings is 2. The van der Waals surface area contributed by atoms with Crippen molar-refractivity contribution in [2.45, 2.75) is 44.4 Å². The lowest BCUT2D eigenvalue weighted by Crippen LogP contribution is -2.40. The molecule has 0 unspecified atom stereocenters. The van der Waals surface area contributed by atoms with Crippen LogP contribution < -0.4 is 15.5 Å². The van der Waals surface area contributed by atoms with Crippen molar-refractivity contribution in [2.24, 2.45) is 0 Å². The fourth-order valence-electron chi connectivity index (χ4n) is 5.05. The maximum atomic E-state index is 13.3. The topological polar surface area (TPSA) is 150 Å². The van der Waals surface area contributed by atoms with Crippen molar-refractivity contribution >= 4 is 35.5 Å². The zero-order chi connectivity index (χ0) is 26.6. The summed E-state index contributed by atoms with van der Waals surface area (Å²) in [6.07, 6.45) is 4.45. The van der Waals surface area contributed by atoms with Gasteiger partial charge >= 0.3 is 6.03 Å². The first kappa shape index (κ1) is 25.6. The quantitative estimate of drug-likeness (QED) is 0.524. The van der Waals surface area contributed by atoms with Crippen LogP contribution in [0.4, 0.5) is 22.1 Å². The number of nitrogens with zero attached hydrogens (tertiary/aromatic N) is 5. The molecule has 12 nitrogen and oxygen atoms in total. The van der Waals surface area contributed by atoms with Gasteiger partial charge in [0, 0.05) is 57.6 Å². The second-order valence-electron chi connectivity index (χ2n) is 9.52. The Hall–Kier alpha value is -4.08. The van der Waals surface area contributed by atoms with Gasteiger partial charge in [0.05, 0.1) is 23.9 Å². The Kier molecular flexibility index (Phi) is 7.48. The molecule has 0 aromatic carbocycles. The molecular weight excluding hydrogens is 490 g/mol. The van der Waals surface area contributed by atoms with E-state index in [1.165, 1.54) is 18.2 Å². The van der Waals surface area contributed by atoms with Crippen LogP contribution in [0.15, 0.2) is 18.3 Å². The zero-order valence-corrected chi connectivity index (χ0v) is 21.1. The lowest BCUT2D eigenvalue weighted by Gasteiger charge is -2.29. The highest BCUT2D eigenvalue weighted by atomic mass is 16.5. The SMILES string of the molecule is CO[C@H]1CCN(Cc2cc3c(nc2C=O)N(C(=O)Nc2cc(N[C@@H]4CCOC4)c(C#N)cn2)CCC3)C1=O. The average molecular weight is 520 g/mol. The molecule has 5 rings (SSSR count). The van der Waals surface area contributed by atoms with Crippen molar-refractivity contribution in [3.8, 4) is 6.07 Å². The number of aromatic nitrogens is 2. The second kappa shape index (κ2) is 11.1. The van der Waals surface area contributed by atoms with E-state index in [1.54, 1.807) is 11.0 Å². The van der Waals surface area contributed by atoms with Crippen LogP contribution in [0, 0.1) is 11.3 Å². The Morgan fingerprint density at radius 2 is 2.21 bits per heavy atom. The van der Waals surface area contributed by atoms with Crippen molar-refractivity contribution in [2.75, 3.05) is 48.9 Å². The number of rotatable bonds is 7. The van der Waals surface area contributed by atoms with Gasteiger partial charge < -0.3 is 19.7 Å². The number of likely N-dealkylation sites (tertiary alicyclic amines) is 1. The van der Waals surface area contributed by atoms with Crippen LogP contribution in [0.3, 0.4) is 0 Å². The first-order valence-electron chi connectivity index (χ1n) is 12.6. The Morgan fingerprint density at radius 3 is 2.92 bits per heavy atom. The fourth-order valence-corrected chi connectivity index (χ4v) is 5.05. The molecule has 2 N–H and O–H groups in total. The van der Waals surface area contributed by atoms with Crippen LogP contribution in [0.5, 0.6) is 0 Å². The van der Waals surface area contributed by atoms with Gasteiger partial charge in [-0.2, -0.15) is 5.26 Å². The molecular formula is C26H29N7O5. The summed E-state index contributed by atoms with van der Waals surface area (Å²) in [5.74, 6) is 0.597. The molecule has 0 aliphatic carbocycles. The largest absolute Gasteiger partial charge is 0.379 e. The maximum Gasteiger partial charge on any atom is 0.328 e. The highest BCUT2D eigenvalue weighted by Gasteiger charge is 2.33. The third-order valence-corrected chi connectivity index (χ3v) is 7.07. The Balaban J connectivity index is 1.34. The minimum absolute atomic E-state index is 0.0819. The Labute approximate surface area is 219 Å². The van der Waals surface area contributed by atoms with E-state index in [4.69, 9.17) is 9.47 Å². The number of carbonyl (C=O) groups is 3. The second-order valence-corrected chi connectivity index (χ2v) is 9.52. The van der Waals surface area contributed by atoms with Crippen LogP contribution in [-0.2, 0) is 27.2 Å². The van der Waals surface area contributed by atoms with Crippen molar-refractivity contribution < 1.29 is 23.9 Å². The number of amides is 3. The normalized spacial score (nSPS) is 20.7. The standard InChI is InChI=1S/C26H29N7O5/c1-37-22-4-7-32(25(22)35)13-17-9-16-3-2-6-33(24(16)30-21(17)14-34)26(36)31-23-10-20(18(11-27)12-28-23)29-19-5-8-38-15-19/h9-10,12,14,19,22H,2-8,13,15H2,1H3,(H2,28,29,31,36)/t19-,22+/m1/s1. The molecule has 2 aromatic heterocycles. The van der Waals surface area contributed by atoms with Gasteiger partial charge in [0.1, 0.15) is 29.5 Å². The molecule has 5 heterocycles. The minimum Gasteiger partial charge on any atom is -0.379 e. The van der Waals surface area contributed by atoms with E-state index in [1.807, 2.05) is 6.07 Å². The number of ether oxygens (including phenoxy) is 2. The van der Waals surface area contributed by atoms with Crippen LogP contribution in [0.1, 0.15) is 46.4 Å². The third kappa shape index (κ3) is 5.16. The molecule has 2 aromatic rings. The molecule has 2 atom stereocenters. The maximum absolute atomic E-state index is 13.3. The zero-order valence-electron chi connectivity index (χ0n) is 21.1. The summed E-state index contributed by atoms with van der Waals surface area (Å²) >= 11 is 0. The highest BCUT2D eigenvalue weighted by molar-refractivity contribution is 6.02. The number of nitriles is 1. The predicted molar refractivity (Wildman–Crippen MR) is 137 cm³/mol. The Bertz CT molecular complexity index is 1290. The number of nitrogens with one attached hydrogen (secondary N) is 2. The molecule has 198 valence electrons. The molecule has 3 aliphatic rings. The lowest BCUT2D eigenvalue weighted by atomic mass is 10.0. The van der Waals surface area contributed by atoms with Gasteiger partial charge in [-0.05, 0) is 30.9 Å². The Morgan fingerprint density at radius 1 is 1.34 bits per heavy atom. The van der Waals surface area contributed by atoms with Gasteiger partial charge in [0.2, 0.25) is 0 Å². The van der Waals surface area contributed by atoms with Gasteiger partial charge in [-0.15, -0.1) is 0 Å². The van der Waals surface area contributed by atoms with Gasteiger partial charge in [0.15, 0.2) is 6.29 Å². The monoisotopic (exact) mass is 519 g/mol. The molecule has 2 fully saturated rings. The summed E-state index contributed by atoms with van der Waals surface area (Å²) in [6.45, 7) is 2.43. The number of anilines is 3. The van der Waals surface area contributed by atoms with E-state index in [-0.39, 0.29) is 30.0 Å². The van der Waals surface area contributed by atoms with Crippen molar-refractivity contribution in [1.29, 1.82) is 5.26 Å². The number of fused-ring (bicyclic) bond motifs is 1. The van der Waals surface area contributed by atoms with Crippen LogP contribution >= 0.6 is 0 Å². The van der Waals surface area contributed by atoms with Gasteiger partial charge in [-0.1, -0.05) is 0 Å². The van der Waals surface area contributed by atoms with Gasteiger partial charge in [0.25, 0.3) is 5.91 Å². The van der Waals surface area contributed by atoms with Gasteiger partial charge in [-0.25, -0.2) is 14.8 Å². The first-order chi connectivity index (χ1) is 18.5. The van der Waals surface area contributed by atoms with Crippen LogP contribution in [0.25, 0.3) is 0 Å². The number of aldehydes is 1. The number of aryl methyl sites for hydroxylation is 1. The van der Waals surface area contributed by atoms with Crippen molar-refractivity contribution in [1.82, 2.24) is 14.9 Å². The first-order valence-corrected chi connectivity index (χ1v) is 12.6. The van der Waals surface area contributed by atoms with Crippen LogP contribution in [0.2, 0.25) is 0 Å². The summed E-state index contributed by atoms with van der Waals surface area (Å²) in [5, 5.41) is 15.5. The molecule has 3 aliphatic heterocycles. The van der Waals surface area contributed by atoms with Gasteiger partial charge in [-0.3, -0.25) is 19.8 Å². The molecule has 38 heavy (non-hydrogen) atoms. The summed E-state index contributed by atoms with van der Waals surface area (Å²) in [4.78, 5) is 49.6. The molecule has 12 heteroatoms. The summed E-state index contributed by atoms with van der Waals surface area (Å²) in [7, 11) is 1.51. The highest BCUT2D eigenvalue weighted by Crippen LogP contribution is 2.29. The van der Waals surface area contributed by atoms with E-state index in [2.05, 4.69) is 26.7 Å². The summed E-state index contributed by atoms with van der Waals surface area (Å²) in [5.41, 5.74) is 2.62. The van der Waals surface area contributed by atoms with E-state index >= 15 is 0 Å². The molecule has 0 spiro atoms.